The van der Waals surface area contributed by atoms with Crippen LogP contribution in [0.15, 0.2) is 60.0 Å². The second-order valence-electron chi connectivity index (χ2n) is 5.96. The fraction of sp³-hybridized carbons (Fsp3) is 0.238. The van der Waals surface area contributed by atoms with E-state index >= 15 is 0 Å². The molecule has 0 aliphatic rings. The number of thiazole rings is 1. The van der Waals surface area contributed by atoms with Crippen LogP contribution in [-0.4, -0.2) is 23.2 Å². The number of carbonyl (C=O) groups excluding carboxylic acids is 1. The maximum absolute atomic E-state index is 12.2. The smallest absolute Gasteiger partial charge is 0.251 e. The molecule has 0 saturated carbocycles. The van der Waals surface area contributed by atoms with E-state index in [1.54, 1.807) is 23.5 Å². The fourth-order valence-corrected chi connectivity index (χ4v) is 3.85. The van der Waals surface area contributed by atoms with Crippen molar-refractivity contribution in [3.05, 3.63) is 81.8 Å². The molecule has 140 valence electrons. The van der Waals surface area contributed by atoms with Crippen LogP contribution in [0, 0.1) is 6.92 Å². The molecule has 1 amide bonds. The van der Waals surface area contributed by atoms with Gasteiger partial charge in [-0.2, -0.15) is 11.8 Å². The normalized spacial score (nSPS) is 10.6. The third kappa shape index (κ3) is 6.41. The van der Waals surface area contributed by atoms with Gasteiger partial charge in [0.05, 0.1) is 10.7 Å². The number of hydrogen-bond acceptors (Lipinski definition) is 5. The summed E-state index contributed by atoms with van der Waals surface area (Å²) in [5, 5.41) is 5.98. The molecule has 0 spiro atoms. The highest BCUT2D eigenvalue weighted by molar-refractivity contribution is 7.98. The Labute approximate surface area is 168 Å². The summed E-state index contributed by atoms with van der Waals surface area (Å²) in [4.78, 5) is 16.6. The van der Waals surface area contributed by atoms with Gasteiger partial charge in [-0.3, -0.25) is 4.79 Å². The van der Waals surface area contributed by atoms with Gasteiger partial charge in [0, 0.05) is 29.0 Å². The predicted octanol–water partition coefficient (Wildman–Crippen LogP) is 4.69. The number of nitrogens with zero attached hydrogens (tertiary/aromatic N) is 1. The van der Waals surface area contributed by atoms with Crippen LogP contribution >= 0.6 is 23.1 Å². The van der Waals surface area contributed by atoms with Crippen LogP contribution in [0.4, 0.5) is 0 Å². The first kappa shape index (κ1) is 19.5. The topological polar surface area (TPSA) is 51.2 Å². The van der Waals surface area contributed by atoms with Crippen molar-refractivity contribution >= 4 is 29.0 Å². The molecule has 1 heterocycles. The highest BCUT2D eigenvalue weighted by Crippen LogP contribution is 2.16. The number of thioether (sulfide) groups is 1. The van der Waals surface area contributed by atoms with Gasteiger partial charge in [0.1, 0.15) is 12.4 Å². The van der Waals surface area contributed by atoms with Crippen molar-refractivity contribution in [3.8, 4) is 5.75 Å². The van der Waals surface area contributed by atoms with Gasteiger partial charge >= 0.3 is 0 Å². The first-order valence-corrected chi connectivity index (χ1v) is 10.8. The average molecular weight is 399 g/mol. The molecular formula is C21H22N2O2S2. The Bertz CT molecular complexity index is 848. The Balaban J connectivity index is 1.37. The van der Waals surface area contributed by atoms with E-state index in [1.807, 2.05) is 54.4 Å². The number of aromatic nitrogens is 1. The Morgan fingerprint density at radius 3 is 2.63 bits per heavy atom. The monoisotopic (exact) mass is 398 g/mol. The number of rotatable bonds is 9. The molecule has 0 aliphatic carbocycles. The molecule has 0 radical (unpaired) electrons. The molecule has 4 nitrogen and oxygen atoms in total. The Hall–Kier alpha value is -2.31. The summed E-state index contributed by atoms with van der Waals surface area (Å²) < 4.78 is 5.70. The largest absolute Gasteiger partial charge is 0.487 e. The van der Waals surface area contributed by atoms with E-state index < -0.39 is 0 Å². The molecule has 6 heteroatoms. The molecule has 2 aromatic carbocycles. The molecule has 27 heavy (non-hydrogen) atoms. The van der Waals surface area contributed by atoms with Crippen molar-refractivity contribution in [2.45, 2.75) is 19.3 Å². The first-order valence-electron chi connectivity index (χ1n) is 8.74. The van der Waals surface area contributed by atoms with Gasteiger partial charge in [-0.05, 0) is 36.8 Å². The number of aryl methyl sites for hydroxylation is 1. The Morgan fingerprint density at radius 1 is 1.15 bits per heavy atom. The first-order chi connectivity index (χ1) is 13.2. The van der Waals surface area contributed by atoms with Gasteiger partial charge in [-0.15, -0.1) is 11.3 Å². The van der Waals surface area contributed by atoms with Crippen molar-refractivity contribution in [1.29, 1.82) is 0 Å². The van der Waals surface area contributed by atoms with Crippen LogP contribution in [0.3, 0.4) is 0 Å². The summed E-state index contributed by atoms with van der Waals surface area (Å²) in [6.07, 6.45) is 0. The van der Waals surface area contributed by atoms with Crippen molar-refractivity contribution in [2.24, 2.45) is 0 Å². The van der Waals surface area contributed by atoms with Crippen LogP contribution < -0.4 is 10.1 Å². The lowest BCUT2D eigenvalue weighted by molar-refractivity contribution is 0.0956. The minimum Gasteiger partial charge on any atom is -0.487 e. The SMILES string of the molecule is Cc1nc(COc2ccc(C(=O)NCCSCc3ccccc3)cc2)cs1. The van der Waals surface area contributed by atoms with Crippen molar-refractivity contribution in [2.75, 3.05) is 12.3 Å². The van der Waals surface area contributed by atoms with Crippen molar-refractivity contribution in [1.82, 2.24) is 10.3 Å². The minimum absolute atomic E-state index is 0.0583. The third-order valence-corrected chi connectivity index (χ3v) is 5.67. The highest BCUT2D eigenvalue weighted by atomic mass is 32.2. The van der Waals surface area contributed by atoms with Crippen LogP contribution in [0.25, 0.3) is 0 Å². The zero-order valence-corrected chi connectivity index (χ0v) is 16.8. The molecule has 1 N–H and O–H groups in total. The summed E-state index contributed by atoms with van der Waals surface area (Å²) in [7, 11) is 0. The highest BCUT2D eigenvalue weighted by Gasteiger charge is 2.06. The molecule has 1 aromatic heterocycles. The van der Waals surface area contributed by atoms with Gasteiger partial charge in [0.2, 0.25) is 0 Å². The quantitative estimate of drug-likeness (QED) is 0.531. The van der Waals surface area contributed by atoms with E-state index in [-0.39, 0.29) is 5.91 Å². The molecule has 0 fully saturated rings. The van der Waals surface area contributed by atoms with Crippen LogP contribution in [0.1, 0.15) is 26.6 Å². The molecule has 0 aliphatic heterocycles. The zero-order chi connectivity index (χ0) is 18.9. The maximum atomic E-state index is 12.2. The van der Waals surface area contributed by atoms with Crippen LogP contribution in [0.5, 0.6) is 5.75 Å². The Morgan fingerprint density at radius 2 is 1.93 bits per heavy atom. The molecule has 0 unspecified atom stereocenters. The van der Waals surface area contributed by atoms with Crippen molar-refractivity contribution < 1.29 is 9.53 Å². The van der Waals surface area contributed by atoms with Crippen LogP contribution in [-0.2, 0) is 12.4 Å². The number of hydrogen-bond donors (Lipinski definition) is 1. The predicted molar refractivity (Wildman–Crippen MR) is 113 cm³/mol. The number of benzene rings is 2. The van der Waals surface area contributed by atoms with E-state index in [4.69, 9.17) is 4.74 Å². The molecule has 3 rings (SSSR count). The fourth-order valence-electron chi connectivity index (χ4n) is 2.44. The van der Waals surface area contributed by atoms with E-state index in [9.17, 15) is 4.79 Å². The lowest BCUT2D eigenvalue weighted by Gasteiger charge is -2.07. The lowest BCUT2D eigenvalue weighted by atomic mass is 10.2. The standard InChI is InChI=1S/C21H22N2O2S2/c1-16-23-19(15-27-16)13-25-20-9-7-18(8-10-20)21(24)22-11-12-26-14-17-5-3-2-4-6-17/h2-10,15H,11-14H2,1H3,(H,22,24). The third-order valence-electron chi connectivity index (χ3n) is 3.81. The Kier molecular flexibility index (Phi) is 7.30. The van der Waals surface area contributed by atoms with Gasteiger partial charge in [0.25, 0.3) is 5.91 Å². The minimum atomic E-state index is -0.0583. The van der Waals surface area contributed by atoms with Gasteiger partial charge in [-0.1, -0.05) is 30.3 Å². The van der Waals surface area contributed by atoms with E-state index in [0.29, 0.717) is 18.7 Å². The second-order valence-corrected chi connectivity index (χ2v) is 8.13. The molecule has 0 saturated heterocycles. The van der Waals surface area contributed by atoms with Gasteiger partial charge in [-0.25, -0.2) is 4.98 Å². The summed E-state index contributed by atoms with van der Waals surface area (Å²) >= 11 is 3.42. The lowest BCUT2D eigenvalue weighted by Crippen LogP contribution is -2.25. The summed E-state index contributed by atoms with van der Waals surface area (Å²) in [6, 6.07) is 17.5. The van der Waals surface area contributed by atoms with E-state index in [1.165, 1.54) is 5.56 Å². The summed E-state index contributed by atoms with van der Waals surface area (Å²) in [6.45, 7) is 3.06. The molecular weight excluding hydrogens is 376 g/mol. The van der Waals surface area contributed by atoms with Gasteiger partial charge in [0.15, 0.2) is 0 Å². The number of ether oxygens (including phenoxy) is 1. The van der Waals surface area contributed by atoms with E-state index in [2.05, 4.69) is 22.4 Å². The number of nitrogens with one attached hydrogen (secondary N) is 1. The number of carbonyl (C=O) groups is 1. The van der Waals surface area contributed by atoms with Crippen LogP contribution in [0.2, 0.25) is 0 Å². The number of amides is 1. The molecule has 3 aromatic rings. The summed E-state index contributed by atoms with van der Waals surface area (Å²) in [5.74, 6) is 2.52. The maximum Gasteiger partial charge on any atom is 0.251 e. The second kappa shape index (κ2) is 10.1. The molecule has 0 bridgehead atoms. The van der Waals surface area contributed by atoms with E-state index in [0.717, 1.165) is 28.0 Å². The van der Waals surface area contributed by atoms with Crippen molar-refractivity contribution in [3.63, 3.8) is 0 Å². The summed E-state index contributed by atoms with van der Waals surface area (Å²) in [5.41, 5.74) is 2.87. The van der Waals surface area contributed by atoms with Gasteiger partial charge < -0.3 is 10.1 Å². The zero-order valence-electron chi connectivity index (χ0n) is 15.2. The average Bonchev–Trinajstić information content (AvgIpc) is 3.12. The molecule has 0 atom stereocenters.